The summed E-state index contributed by atoms with van der Waals surface area (Å²) in [5.41, 5.74) is 2.45. The van der Waals surface area contributed by atoms with Gasteiger partial charge in [-0.05, 0) is 37.8 Å². The largest absolute Gasteiger partial charge is 0.494 e. The maximum absolute atomic E-state index is 5.72. The molecule has 2 N–H and O–H groups in total. The van der Waals surface area contributed by atoms with Crippen LogP contribution < -0.4 is 15.4 Å². The summed E-state index contributed by atoms with van der Waals surface area (Å²) in [6.07, 6.45) is 3.05. The van der Waals surface area contributed by atoms with Crippen LogP contribution in [0.5, 0.6) is 5.75 Å². The van der Waals surface area contributed by atoms with Crippen LogP contribution in [0.15, 0.2) is 59.6 Å². The van der Waals surface area contributed by atoms with Gasteiger partial charge in [0.1, 0.15) is 5.75 Å². The van der Waals surface area contributed by atoms with Crippen LogP contribution in [0, 0.1) is 0 Å². The number of unbranched alkanes of at least 4 members (excludes halogenated alkanes) is 1. The van der Waals surface area contributed by atoms with E-state index < -0.39 is 0 Å². The van der Waals surface area contributed by atoms with Crippen molar-refractivity contribution in [1.82, 2.24) is 10.6 Å². The molecule has 0 atom stereocenters. The summed E-state index contributed by atoms with van der Waals surface area (Å²) in [5, 5.41) is 6.69. The number of benzene rings is 2. The summed E-state index contributed by atoms with van der Waals surface area (Å²) >= 11 is 0. The molecule has 0 aliphatic rings. The number of nitrogens with zero attached hydrogens (tertiary/aromatic N) is 1. The third-order valence-electron chi connectivity index (χ3n) is 4.33. The lowest BCUT2D eigenvalue weighted by Crippen LogP contribution is -2.37. The summed E-state index contributed by atoms with van der Waals surface area (Å²) in [6.45, 7) is 5.78. The van der Waals surface area contributed by atoms with Gasteiger partial charge in [-0.2, -0.15) is 0 Å². The molecule has 0 aromatic heterocycles. The van der Waals surface area contributed by atoms with E-state index >= 15 is 0 Å². The van der Waals surface area contributed by atoms with E-state index in [1.54, 1.807) is 7.05 Å². The first-order valence-corrected chi connectivity index (χ1v) is 10.1. The lowest BCUT2D eigenvalue weighted by Gasteiger charge is -2.14. The van der Waals surface area contributed by atoms with Crippen molar-refractivity contribution >= 4 is 5.96 Å². The first-order valence-electron chi connectivity index (χ1n) is 10.1. The molecule has 2 rings (SSSR count). The molecule has 0 amide bonds. The number of rotatable bonds is 12. The van der Waals surface area contributed by atoms with Crippen molar-refractivity contribution in [2.45, 2.75) is 32.7 Å². The molecule has 5 nitrogen and oxygen atoms in total. The predicted octanol–water partition coefficient (Wildman–Crippen LogP) is 3.79. The van der Waals surface area contributed by atoms with Gasteiger partial charge in [-0.1, -0.05) is 48.5 Å². The highest BCUT2D eigenvalue weighted by molar-refractivity contribution is 5.79. The van der Waals surface area contributed by atoms with Crippen LogP contribution in [0.2, 0.25) is 0 Å². The Balaban J connectivity index is 1.55. The molecule has 28 heavy (non-hydrogen) atoms. The number of guanidine groups is 1. The van der Waals surface area contributed by atoms with Crippen molar-refractivity contribution in [3.63, 3.8) is 0 Å². The van der Waals surface area contributed by atoms with E-state index in [2.05, 4.69) is 46.0 Å². The minimum Gasteiger partial charge on any atom is -0.494 e. The normalized spacial score (nSPS) is 11.3. The Morgan fingerprint density at radius 2 is 1.71 bits per heavy atom. The molecule has 0 radical (unpaired) electrons. The molecular weight excluding hydrogens is 350 g/mol. The van der Waals surface area contributed by atoms with E-state index in [0.29, 0.717) is 13.2 Å². The summed E-state index contributed by atoms with van der Waals surface area (Å²) in [4.78, 5) is 4.28. The maximum Gasteiger partial charge on any atom is 0.191 e. The van der Waals surface area contributed by atoms with Gasteiger partial charge in [-0.3, -0.25) is 4.99 Å². The SMILES string of the molecule is CCOc1ccccc1CNC(=NC)NCCCCOCCc1ccccc1. The van der Waals surface area contributed by atoms with Gasteiger partial charge in [0, 0.05) is 32.3 Å². The number of para-hydroxylation sites is 1. The first kappa shape index (κ1) is 21.8. The highest BCUT2D eigenvalue weighted by Crippen LogP contribution is 2.17. The van der Waals surface area contributed by atoms with E-state index in [1.807, 2.05) is 31.2 Å². The van der Waals surface area contributed by atoms with Crippen LogP contribution in [0.25, 0.3) is 0 Å². The minimum absolute atomic E-state index is 0.664. The lowest BCUT2D eigenvalue weighted by molar-refractivity contribution is 0.133. The highest BCUT2D eigenvalue weighted by Gasteiger charge is 2.03. The highest BCUT2D eigenvalue weighted by atomic mass is 16.5. The van der Waals surface area contributed by atoms with Crippen molar-refractivity contribution in [2.24, 2.45) is 4.99 Å². The molecule has 0 heterocycles. The van der Waals surface area contributed by atoms with E-state index in [9.17, 15) is 0 Å². The monoisotopic (exact) mass is 383 g/mol. The Labute approximate surface area is 169 Å². The quantitative estimate of drug-likeness (QED) is 0.333. The zero-order valence-corrected chi connectivity index (χ0v) is 17.1. The summed E-state index contributed by atoms with van der Waals surface area (Å²) < 4.78 is 11.4. The van der Waals surface area contributed by atoms with Gasteiger partial charge in [-0.25, -0.2) is 0 Å². The molecule has 0 aliphatic heterocycles. The molecule has 0 spiro atoms. The zero-order chi connectivity index (χ0) is 19.9. The summed E-state index contributed by atoms with van der Waals surface area (Å²) in [5.74, 6) is 1.72. The third kappa shape index (κ3) is 8.44. The fourth-order valence-corrected chi connectivity index (χ4v) is 2.82. The Bertz CT molecular complexity index is 689. The molecule has 2 aromatic carbocycles. The van der Waals surface area contributed by atoms with Gasteiger partial charge in [0.2, 0.25) is 0 Å². The second kappa shape index (κ2) is 13.6. The number of nitrogens with one attached hydrogen (secondary N) is 2. The van der Waals surface area contributed by atoms with Crippen LogP contribution in [0.1, 0.15) is 30.9 Å². The molecule has 0 bridgehead atoms. The van der Waals surface area contributed by atoms with Crippen molar-refractivity contribution < 1.29 is 9.47 Å². The topological polar surface area (TPSA) is 54.9 Å². The van der Waals surface area contributed by atoms with Crippen LogP contribution in [0.4, 0.5) is 0 Å². The van der Waals surface area contributed by atoms with Crippen molar-refractivity contribution in [2.75, 3.05) is 33.4 Å². The maximum atomic E-state index is 5.72. The third-order valence-corrected chi connectivity index (χ3v) is 4.33. The molecule has 0 saturated heterocycles. The number of aliphatic imine (C=N–C) groups is 1. The summed E-state index contributed by atoms with van der Waals surface area (Å²) in [7, 11) is 1.79. The van der Waals surface area contributed by atoms with Crippen LogP contribution in [-0.4, -0.2) is 39.4 Å². The van der Waals surface area contributed by atoms with Gasteiger partial charge < -0.3 is 20.1 Å². The second-order valence-electron chi connectivity index (χ2n) is 6.45. The molecule has 2 aromatic rings. The predicted molar refractivity (Wildman–Crippen MR) is 116 cm³/mol. The van der Waals surface area contributed by atoms with E-state index in [1.165, 1.54) is 5.56 Å². The second-order valence-corrected chi connectivity index (χ2v) is 6.45. The average Bonchev–Trinajstić information content (AvgIpc) is 2.74. The van der Waals surface area contributed by atoms with E-state index in [-0.39, 0.29) is 0 Å². The fraction of sp³-hybridized carbons (Fsp3) is 0.435. The average molecular weight is 384 g/mol. The Morgan fingerprint density at radius 3 is 2.50 bits per heavy atom. The lowest BCUT2D eigenvalue weighted by atomic mass is 10.2. The van der Waals surface area contributed by atoms with E-state index in [0.717, 1.165) is 56.3 Å². The van der Waals surface area contributed by atoms with Crippen LogP contribution in [-0.2, 0) is 17.7 Å². The van der Waals surface area contributed by atoms with Gasteiger partial charge >= 0.3 is 0 Å². The van der Waals surface area contributed by atoms with Gasteiger partial charge in [0.25, 0.3) is 0 Å². The first-order chi connectivity index (χ1) is 13.8. The molecular formula is C23H33N3O2. The van der Waals surface area contributed by atoms with Crippen LogP contribution >= 0.6 is 0 Å². The van der Waals surface area contributed by atoms with Crippen molar-refractivity contribution in [3.8, 4) is 5.75 Å². The minimum atomic E-state index is 0.664. The molecule has 5 heteroatoms. The molecule has 0 fully saturated rings. The Morgan fingerprint density at radius 1 is 0.929 bits per heavy atom. The zero-order valence-electron chi connectivity index (χ0n) is 17.1. The number of ether oxygens (including phenoxy) is 2. The van der Waals surface area contributed by atoms with Crippen molar-refractivity contribution in [1.29, 1.82) is 0 Å². The van der Waals surface area contributed by atoms with Crippen LogP contribution in [0.3, 0.4) is 0 Å². The van der Waals surface area contributed by atoms with Crippen molar-refractivity contribution in [3.05, 3.63) is 65.7 Å². The summed E-state index contributed by atoms with van der Waals surface area (Å²) in [6, 6.07) is 18.5. The van der Waals surface area contributed by atoms with Gasteiger partial charge in [0.15, 0.2) is 5.96 Å². The van der Waals surface area contributed by atoms with E-state index in [4.69, 9.17) is 9.47 Å². The standard InChI is InChI=1S/C23H33N3O2/c1-3-28-22-14-8-7-13-21(22)19-26-23(24-2)25-16-9-10-17-27-18-15-20-11-5-4-6-12-20/h4-8,11-14H,3,9-10,15-19H2,1-2H3,(H2,24,25,26). The molecule has 0 aliphatic carbocycles. The fourth-order valence-electron chi connectivity index (χ4n) is 2.82. The molecule has 0 saturated carbocycles. The molecule has 0 unspecified atom stereocenters. The number of hydrogen-bond donors (Lipinski definition) is 2. The Hall–Kier alpha value is -2.53. The Kier molecular flexibility index (Phi) is 10.6. The van der Waals surface area contributed by atoms with Gasteiger partial charge in [-0.15, -0.1) is 0 Å². The number of hydrogen-bond acceptors (Lipinski definition) is 3. The molecule has 152 valence electrons. The smallest absolute Gasteiger partial charge is 0.191 e. The van der Waals surface area contributed by atoms with Gasteiger partial charge in [0.05, 0.1) is 13.2 Å².